The summed E-state index contributed by atoms with van der Waals surface area (Å²) in [6.07, 6.45) is 2.59. The number of aromatic carboxylic acids is 1. The van der Waals surface area contributed by atoms with Crippen LogP contribution in [0.1, 0.15) is 23.0 Å². The maximum atomic E-state index is 11.0. The zero-order valence-electron chi connectivity index (χ0n) is 10.5. The summed E-state index contributed by atoms with van der Waals surface area (Å²) in [6.45, 7) is 6.37. The lowest BCUT2D eigenvalue weighted by Crippen LogP contribution is -2.09. The van der Waals surface area contributed by atoms with Crippen molar-refractivity contribution in [1.29, 1.82) is 0 Å². The molecule has 1 aromatic heterocycles. The summed E-state index contributed by atoms with van der Waals surface area (Å²) < 4.78 is 0. The van der Waals surface area contributed by atoms with Gasteiger partial charge < -0.3 is 10.4 Å². The Hall–Kier alpha value is -1.49. The lowest BCUT2D eigenvalue weighted by Gasteiger charge is -2.08. The third-order valence-corrected chi connectivity index (χ3v) is 3.24. The van der Waals surface area contributed by atoms with Gasteiger partial charge in [-0.25, -0.2) is 9.78 Å². The lowest BCUT2D eigenvalue weighted by molar-refractivity contribution is 0.0696. The van der Waals surface area contributed by atoms with Crippen molar-refractivity contribution < 1.29 is 9.90 Å². The SMILES string of the molecule is C=CCSCCNc1cc(C(=O)O)cc(CC)n1. The van der Waals surface area contributed by atoms with Crippen LogP contribution in [0.5, 0.6) is 0 Å². The predicted molar refractivity (Wildman–Crippen MR) is 76.6 cm³/mol. The van der Waals surface area contributed by atoms with Crippen molar-refractivity contribution in [2.75, 3.05) is 23.4 Å². The summed E-state index contributed by atoms with van der Waals surface area (Å²) in [5, 5.41) is 12.1. The first kappa shape index (κ1) is 14.6. The molecule has 0 amide bonds. The summed E-state index contributed by atoms with van der Waals surface area (Å²) >= 11 is 1.77. The van der Waals surface area contributed by atoms with Gasteiger partial charge in [0.05, 0.1) is 5.56 Å². The van der Waals surface area contributed by atoms with E-state index in [1.807, 2.05) is 13.0 Å². The van der Waals surface area contributed by atoms with Gasteiger partial charge in [0.1, 0.15) is 5.82 Å². The normalized spacial score (nSPS) is 10.1. The largest absolute Gasteiger partial charge is 0.478 e. The van der Waals surface area contributed by atoms with E-state index >= 15 is 0 Å². The zero-order chi connectivity index (χ0) is 13.4. The Morgan fingerprint density at radius 3 is 3.00 bits per heavy atom. The van der Waals surface area contributed by atoms with Gasteiger partial charge in [0.25, 0.3) is 0 Å². The number of aromatic nitrogens is 1. The quantitative estimate of drug-likeness (QED) is 0.559. The predicted octanol–water partition coefficient (Wildman–Crippen LogP) is 2.67. The topological polar surface area (TPSA) is 62.2 Å². The van der Waals surface area contributed by atoms with Gasteiger partial charge in [0, 0.05) is 23.7 Å². The van der Waals surface area contributed by atoms with Crippen LogP contribution < -0.4 is 5.32 Å². The number of carboxylic acid groups (broad SMARTS) is 1. The van der Waals surface area contributed by atoms with E-state index in [9.17, 15) is 4.79 Å². The minimum absolute atomic E-state index is 0.281. The van der Waals surface area contributed by atoms with Crippen molar-refractivity contribution in [2.24, 2.45) is 0 Å². The van der Waals surface area contributed by atoms with E-state index in [-0.39, 0.29) is 5.56 Å². The highest BCUT2D eigenvalue weighted by Gasteiger charge is 2.07. The van der Waals surface area contributed by atoms with E-state index in [1.54, 1.807) is 23.9 Å². The van der Waals surface area contributed by atoms with E-state index in [1.165, 1.54) is 0 Å². The number of nitrogens with one attached hydrogen (secondary N) is 1. The molecule has 2 N–H and O–H groups in total. The minimum atomic E-state index is -0.920. The van der Waals surface area contributed by atoms with E-state index in [0.717, 1.165) is 30.2 Å². The van der Waals surface area contributed by atoms with Crippen LogP contribution in [0.3, 0.4) is 0 Å². The van der Waals surface area contributed by atoms with Crippen molar-refractivity contribution in [3.63, 3.8) is 0 Å². The number of aryl methyl sites for hydroxylation is 1. The van der Waals surface area contributed by atoms with Crippen molar-refractivity contribution in [2.45, 2.75) is 13.3 Å². The number of anilines is 1. The van der Waals surface area contributed by atoms with Crippen molar-refractivity contribution in [3.05, 3.63) is 36.0 Å². The first-order valence-corrected chi connectivity index (χ1v) is 6.99. The number of hydrogen-bond donors (Lipinski definition) is 2. The van der Waals surface area contributed by atoms with Gasteiger partial charge in [-0.1, -0.05) is 13.0 Å². The monoisotopic (exact) mass is 266 g/mol. The van der Waals surface area contributed by atoms with E-state index in [0.29, 0.717) is 5.82 Å². The average molecular weight is 266 g/mol. The molecule has 0 spiro atoms. The Kier molecular flexibility index (Phi) is 6.28. The second-order valence-electron chi connectivity index (χ2n) is 3.68. The van der Waals surface area contributed by atoms with Gasteiger partial charge in [-0.3, -0.25) is 0 Å². The Labute approximate surface area is 112 Å². The van der Waals surface area contributed by atoms with Crippen LogP contribution in [-0.4, -0.2) is 34.1 Å². The van der Waals surface area contributed by atoms with Gasteiger partial charge in [0.15, 0.2) is 0 Å². The van der Waals surface area contributed by atoms with E-state index in [4.69, 9.17) is 5.11 Å². The Bertz CT molecular complexity index is 421. The highest BCUT2D eigenvalue weighted by Crippen LogP contribution is 2.11. The van der Waals surface area contributed by atoms with Crippen LogP contribution in [0.4, 0.5) is 5.82 Å². The van der Waals surface area contributed by atoms with Crippen LogP contribution in [-0.2, 0) is 6.42 Å². The molecular formula is C13H18N2O2S. The zero-order valence-corrected chi connectivity index (χ0v) is 11.3. The summed E-state index contributed by atoms with van der Waals surface area (Å²) in [5.74, 6) is 1.57. The molecule has 0 atom stereocenters. The van der Waals surface area contributed by atoms with Crippen molar-refractivity contribution in [3.8, 4) is 0 Å². The van der Waals surface area contributed by atoms with Gasteiger partial charge in [-0.05, 0) is 18.6 Å². The Balaban J connectivity index is 2.61. The fourth-order valence-corrected chi connectivity index (χ4v) is 1.98. The highest BCUT2D eigenvalue weighted by atomic mass is 32.2. The molecule has 5 heteroatoms. The summed E-state index contributed by atoms with van der Waals surface area (Å²) in [6, 6.07) is 3.18. The number of pyridine rings is 1. The maximum absolute atomic E-state index is 11.0. The van der Waals surface area contributed by atoms with Crippen molar-refractivity contribution in [1.82, 2.24) is 4.98 Å². The van der Waals surface area contributed by atoms with Crippen molar-refractivity contribution >= 4 is 23.5 Å². The molecule has 0 unspecified atom stereocenters. The third kappa shape index (κ3) is 4.79. The molecule has 0 aliphatic rings. The Morgan fingerprint density at radius 1 is 1.61 bits per heavy atom. The van der Waals surface area contributed by atoms with Crippen LogP contribution in [0.25, 0.3) is 0 Å². The number of thioether (sulfide) groups is 1. The average Bonchev–Trinajstić information content (AvgIpc) is 2.38. The fourth-order valence-electron chi connectivity index (χ4n) is 1.40. The smallest absolute Gasteiger partial charge is 0.335 e. The maximum Gasteiger partial charge on any atom is 0.335 e. The van der Waals surface area contributed by atoms with Gasteiger partial charge >= 0.3 is 5.97 Å². The molecule has 0 aliphatic heterocycles. The van der Waals surface area contributed by atoms with E-state index in [2.05, 4.69) is 16.9 Å². The van der Waals surface area contributed by atoms with Gasteiger partial charge in [0.2, 0.25) is 0 Å². The molecule has 0 radical (unpaired) electrons. The molecule has 0 saturated carbocycles. The number of carbonyl (C=O) groups is 1. The summed E-state index contributed by atoms with van der Waals surface area (Å²) in [5.41, 5.74) is 1.07. The molecule has 18 heavy (non-hydrogen) atoms. The molecule has 4 nitrogen and oxygen atoms in total. The van der Waals surface area contributed by atoms with E-state index < -0.39 is 5.97 Å². The fraction of sp³-hybridized carbons (Fsp3) is 0.385. The molecule has 1 heterocycles. The number of rotatable bonds is 8. The minimum Gasteiger partial charge on any atom is -0.478 e. The molecule has 0 bridgehead atoms. The molecule has 0 saturated heterocycles. The summed E-state index contributed by atoms with van der Waals surface area (Å²) in [7, 11) is 0. The lowest BCUT2D eigenvalue weighted by atomic mass is 10.2. The standard InChI is InChI=1S/C13H18N2O2S/c1-3-6-18-7-5-14-12-9-10(13(16)17)8-11(4-2)15-12/h3,8-9H,1,4-7H2,2H3,(H,14,15)(H,16,17). The van der Waals surface area contributed by atoms with Gasteiger partial charge in [-0.2, -0.15) is 11.8 Å². The number of nitrogens with zero attached hydrogens (tertiary/aromatic N) is 1. The first-order chi connectivity index (χ1) is 8.67. The first-order valence-electron chi connectivity index (χ1n) is 5.84. The summed E-state index contributed by atoms with van der Waals surface area (Å²) in [4.78, 5) is 15.3. The Morgan fingerprint density at radius 2 is 2.39 bits per heavy atom. The molecule has 98 valence electrons. The second kappa shape index (κ2) is 7.76. The molecule has 1 rings (SSSR count). The molecular weight excluding hydrogens is 248 g/mol. The third-order valence-electron chi connectivity index (χ3n) is 2.28. The number of carboxylic acids is 1. The van der Waals surface area contributed by atoms with Crippen LogP contribution in [0, 0.1) is 0 Å². The molecule has 0 fully saturated rings. The number of hydrogen-bond acceptors (Lipinski definition) is 4. The van der Waals surface area contributed by atoms with Crippen LogP contribution in [0.15, 0.2) is 24.8 Å². The van der Waals surface area contributed by atoms with Gasteiger partial charge in [-0.15, -0.1) is 6.58 Å². The molecule has 0 aliphatic carbocycles. The van der Waals surface area contributed by atoms with Crippen LogP contribution >= 0.6 is 11.8 Å². The van der Waals surface area contributed by atoms with Crippen LogP contribution in [0.2, 0.25) is 0 Å². The molecule has 1 aromatic rings. The molecule has 0 aromatic carbocycles. The highest BCUT2D eigenvalue weighted by molar-refractivity contribution is 7.99. The second-order valence-corrected chi connectivity index (χ2v) is 4.83.